The van der Waals surface area contributed by atoms with Crippen LogP contribution in [0.2, 0.25) is 0 Å². The van der Waals surface area contributed by atoms with E-state index in [4.69, 9.17) is 0 Å². The zero-order chi connectivity index (χ0) is 19.7. The van der Waals surface area contributed by atoms with Crippen LogP contribution in [-0.4, -0.2) is 36.7 Å². The Hall–Kier alpha value is -3.00. The van der Waals surface area contributed by atoms with E-state index in [0.717, 1.165) is 0 Å². The molecule has 2 aromatic carbocycles. The largest absolute Gasteiger partial charge is 0.465 e. The van der Waals surface area contributed by atoms with Gasteiger partial charge in [0.1, 0.15) is 6.04 Å². The van der Waals surface area contributed by atoms with Crippen molar-refractivity contribution in [1.29, 1.82) is 0 Å². The molecule has 8 heteroatoms. The number of halogens is 1. The van der Waals surface area contributed by atoms with Crippen LogP contribution >= 0.6 is 15.9 Å². The first-order valence-electron chi connectivity index (χ1n) is 8.00. The Morgan fingerprint density at radius 3 is 2.59 bits per heavy atom. The predicted molar refractivity (Wildman–Crippen MR) is 102 cm³/mol. The monoisotopic (exact) mass is 430 g/mol. The van der Waals surface area contributed by atoms with Gasteiger partial charge in [0, 0.05) is 10.2 Å². The average molecular weight is 431 g/mol. The molecule has 1 unspecified atom stereocenters. The summed E-state index contributed by atoms with van der Waals surface area (Å²) < 4.78 is 5.32. The summed E-state index contributed by atoms with van der Waals surface area (Å²) in [5.41, 5.74) is 1.30. The molecule has 138 valence electrons. The van der Waals surface area contributed by atoms with Crippen LogP contribution in [0.15, 0.2) is 46.9 Å². The Bertz CT molecular complexity index is 972. The molecule has 1 aliphatic rings. The molecule has 27 heavy (non-hydrogen) atoms. The van der Waals surface area contributed by atoms with Crippen molar-refractivity contribution in [1.82, 2.24) is 0 Å². The van der Waals surface area contributed by atoms with Gasteiger partial charge in [0.25, 0.3) is 11.7 Å². The molecule has 0 spiro atoms. The molecule has 1 atom stereocenters. The lowest BCUT2D eigenvalue weighted by Gasteiger charge is -2.23. The summed E-state index contributed by atoms with van der Waals surface area (Å²) in [5, 5.41) is 2.65. The number of hydrogen-bond acceptors (Lipinski definition) is 5. The Morgan fingerprint density at radius 1 is 1.15 bits per heavy atom. The van der Waals surface area contributed by atoms with E-state index in [0.29, 0.717) is 15.8 Å². The molecular weight excluding hydrogens is 416 g/mol. The molecular formula is C19H15BrN2O5. The molecule has 0 aromatic heterocycles. The number of benzene rings is 2. The molecule has 0 radical (unpaired) electrons. The number of hydrogen-bond donors (Lipinski definition) is 1. The molecule has 0 saturated heterocycles. The minimum atomic E-state index is -0.925. The number of esters is 1. The maximum atomic E-state index is 12.6. The van der Waals surface area contributed by atoms with E-state index in [2.05, 4.69) is 26.0 Å². The molecule has 1 aliphatic heterocycles. The van der Waals surface area contributed by atoms with Crippen molar-refractivity contribution in [3.05, 3.63) is 58.1 Å². The maximum absolute atomic E-state index is 12.6. The highest BCUT2D eigenvalue weighted by Crippen LogP contribution is 2.33. The molecule has 2 amide bonds. The molecule has 0 saturated carbocycles. The van der Waals surface area contributed by atoms with Gasteiger partial charge in [0.2, 0.25) is 5.91 Å². The van der Waals surface area contributed by atoms with Gasteiger partial charge >= 0.3 is 5.97 Å². The number of ketones is 1. The van der Waals surface area contributed by atoms with Crippen LogP contribution in [0.4, 0.5) is 11.4 Å². The van der Waals surface area contributed by atoms with E-state index >= 15 is 0 Å². The highest BCUT2D eigenvalue weighted by atomic mass is 79.9. The zero-order valence-electron chi connectivity index (χ0n) is 14.5. The predicted octanol–water partition coefficient (Wildman–Crippen LogP) is 2.79. The normalized spacial score (nSPS) is 14.0. The van der Waals surface area contributed by atoms with Gasteiger partial charge in [0.15, 0.2) is 0 Å². The number of rotatable bonds is 4. The van der Waals surface area contributed by atoms with E-state index in [1.807, 2.05) is 0 Å². The SMILES string of the molecule is COC(=O)c1cccc(NC(=O)C(C)N2C(=O)C(=O)c3cc(Br)ccc32)c1. The van der Waals surface area contributed by atoms with Crippen molar-refractivity contribution in [3.63, 3.8) is 0 Å². The first kappa shape index (κ1) is 18.8. The number of fused-ring (bicyclic) bond motifs is 1. The third kappa shape index (κ3) is 3.48. The molecule has 1 heterocycles. The van der Waals surface area contributed by atoms with Crippen LogP contribution in [0.3, 0.4) is 0 Å². The molecule has 2 aromatic rings. The quantitative estimate of drug-likeness (QED) is 0.594. The number of carbonyl (C=O) groups is 4. The van der Waals surface area contributed by atoms with Crippen molar-refractivity contribution >= 4 is 50.9 Å². The maximum Gasteiger partial charge on any atom is 0.337 e. The first-order valence-corrected chi connectivity index (χ1v) is 8.79. The molecule has 0 fully saturated rings. The van der Waals surface area contributed by atoms with E-state index in [-0.39, 0.29) is 11.1 Å². The van der Waals surface area contributed by atoms with E-state index in [1.54, 1.807) is 36.4 Å². The topological polar surface area (TPSA) is 92.8 Å². The number of ether oxygens (including phenoxy) is 1. The van der Waals surface area contributed by atoms with Gasteiger partial charge in [-0.3, -0.25) is 19.3 Å². The number of methoxy groups -OCH3 is 1. The van der Waals surface area contributed by atoms with Crippen LogP contribution in [0.25, 0.3) is 0 Å². The fourth-order valence-corrected chi connectivity index (χ4v) is 3.19. The molecule has 0 aliphatic carbocycles. The number of amides is 2. The van der Waals surface area contributed by atoms with Crippen molar-refractivity contribution in [3.8, 4) is 0 Å². The second-order valence-corrected chi connectivity index (χ2v) is 6.82. The summed E-state index contributed by atoms with van der Waals surface area (Å²) in [5.74, 6) is -2.43. The van der Waals surface area contributed by atoms with Gasteiger partial charge in [-0.05, 0) is 43.3 Å². The summed E-state index contributed by atoms with van der Waals surface area (Å²) in [7, 11) is 1.27. The van der Waals surface area contributed by atoms with Gasteiger partial charge in [-0.2, -0.15) is 0 Å². The number of nitrogens with one attached hydrogen (secondary N) is 1. The van der Waals surface area contributed by atoms with E-state index in [9.17, 15) is 19.2 Å². The Kier molecular flexibility index (Phi) is 5.09. The van der Waals surface area contributed by atoms with Crippen LogP contribution in [-0.2, 0) is 14.3 Å². The lowest BCUT2D eigenvalue weighted by atomic mass is 10.1. The highest BCUT2D eigenvalue weighted by molar-refractivity contribution is 9.10. The highest BCUT2D eigenvalue weighted by Gasteiger charge is 2.40. The molecule has 1 N–H and O–H groups in total. The second-order valence-electron chi connectivity index (χ2n) is 5.90. The van der Waals surface area contributed by atoms with Crippen molar-refractivity contribution < 1.29 is 23.9 Å². The number of nitrogens with zero attached hydrogens (tertiary/aromatic N) is 1. The van der Waals surface area contributed by atoms with E-state index < -0.39 is 29.6 Å². The second kappa shape index (κ2) is 7.32. The minimum absolute atomic E-state index is 0.252. The fourth-order valence-electron chi connectivity index (χ4n) is 2.82. The standard InChI is InChI=1S/C19H15BrN2O5/c1-10(17(24)21-13-5-3-4-11(8-13)19(26)27-2)22-15-7-6-12(20)9-14(15)16(23)18(22)25/h3-10H,1-2H3,(H,21,24). The lowest BCUT2D eigenvalue weighted by Crippen LogP contribution is -2.45. The van der Waals surface area contributed by atoms with Crippen molar-refractivity contribution in [2.24, 2.45) is 0 Å². The van der Waals surface area contributed by atoms with Crippen LogP contribution < -0.4 is 10.2 Å². The van der Waals surface area contributed by atoms with Gasteiger partial charge in [-0.15, -0.1) is 0 Å². The zero-order valence-corrected chi connectivity index (χ0v) is 16.1. The smallest absolute Gasteiger partial charge is 0.337 e. The van der Waals surface area contributed by atoms with Gasteiger partial charge < -0.3 is 10.1 Å². The number of carbonyl (C=O) groups excluding carboxylic acids is 4. The third-order valence-electron chi connectivity index (χ3n) is 4.19. The van der Waals surface area contributed by atoms with Gasteiger partial charge in [0.05, 0.1) is 23.9 Å². The Balaban J connectivity index is 1.84. The number of anilines is 2. The summed E-state index contributed by atoms with van der Waals surface area (Å²) in [6.07, 6.45) is 0. The van der Waals surface area contributed by atoms with Crippen molar-refractivity contribution in [2.45, 2.75) is 13.0 Å². The van der Waals surface area contributed by atoms with Gasteiger partial charge in [-0.1, -0.05) is 22.0 Å². The summed E-state index contributed by atoms with van der Waals surface area (Å²) >= 11 is 3.27. The Labute approximate surface area is 163 Å². The minimum Gasteiger partial charge on any atom is -0.465 e. The first-order chi connectivity index (χ1) is 12.8. The van der Waals surface area contributed by atoms with Crippen LogP contribution in [0.5, 0.6) is 0 Å². The summed E-state index contributed by atoms with van der Waals surface area (Å²) in [6, 6.07) is 10.2. The third-order valence-corrected chi connectivity index (χ3v) is 4.69. The van der Waals surface area contributed by atoms with Crippen molar-refractivity contribution in [2.75, 3.05) is 17.3 Å². The molecule has 0 bridgehead atoms. The fraction of sp³-hybridized carbons (Fsp3) is 0.158. The van der Waals surface area contributed by atoms with Crippen LogP contribution in [0, 0.1) is 0 Å². The summed E-state index contributed by atoms with van der Waals surface area (Å²) in [6.45, 7) is 1.53. The molecule has 7 nitrogen and oxygen atoms in total. The molecule has 3 rings (SSSR count). The van der Waals surface area contributed by atoms with E-state index in [1.165, 1.54) is 25.0 Å². The average Bonchev–Trinajstić information content (AvgIpc) is 2.91. The van der Waals surface area contributed by atoms with Crippen LogP contribution in [0.1, 0.15) is 27.6 Å². The lowest BCUT2D eigenvalue weighted by molar-refractivity contribution is -0.120. The number of Topliss-reactive ketones (excluding diaryl/α,β-unsaturated/α-hetero) is 1. The van der Waals surface area contributed by atoms with Gasteiger partial charge in [-0.25, -0.2) is 4.79 Å². The summed E-state index contributed by atoms with van der Waals surface area (Å²) in [4.78, 5) is 50.0. The Morgan fingerprint density at radius 2 is 1.89 bits per heavy atom.